The van der Waals surface area contributed by atoms with E-state index in [1.807, 2.05) is 37.3 Å². The Kier molecular flexibility index (Phi) is 7.38. The average molecular weight is 391 g/mol. The Morgan fingerprint density at radius 3 is 2.26 bits per heavy atom. The smallest absolute Gasteiger partial charge is 0.241 e. The molecule has 0 aromatic heterocycles. The largest absolute Gasteiger partial charge is 0.497 e. The molecule has 0 bridgehead atoms. The van der Waals surface area contributed by atoms with Crippen molar-refractivity contribution in [3.05, 3.63) is 60.2 Å². The Hall–Kier alpha value is -2.38. The third-order valence-electron chi connectivity index (χ3n) is 4.19. The maximum atomic E-state index is 12.4. The van der Waals surface area contributed by atoms with Crippen LogP contribution in [0.3, 0.4) is 0 Å². The molecule has 6 nitrogen and oxygen atoms in total. The fourth-order valence-corrected chi connectivity index (χ4v) is 3.78. The van der Waals surface area contributed by atoms with Gasteiger partial charge in [-0.05, 0) is 56.5 Å². The molecule has 0 fully saturated rings. The zero-order chi connectivity index (χ0) is 19.9. The van der Waals surface area contributed by atoms with E-state index in [1.54, 1.807) is 12.1 Å². The van der Waals surface area contributed by atoms with Gasteiger partial charge in [0.2, 0.25) is 15.9 Å². The fraction of sp³-hybridized carbons (Fsp3) is 0.350. The minimum atomic E-state index is -3.79. The van der Waals surface area contributed by atoms with Gasteiger partial charge in [0.25, 0.3) is 0 Å². The number of amides is 1. The summed E-state index contributed by atoms with van der Waals surface area (Å²) < 4.78 is 32.3. The lowest BCUT2D eigenvalue weighted by molar-refractivity contribution is -0.123. The molecule has 7 heteroatoms. The summed E-state index contributed by atoms with van der Waals surface area (Å²) in [5.74, 6) is 0.208. The quantitative estimate of drug-likeness (QED) is 0.689. The number of hydrogen-bond donors (Lipinski definition) is 2. The van der Waals surface area contributed by atoms with Crippen molar-refractivity contribution in [3.63, 3.8) is 0 Å². The summed E-state index contributed by atoms with van der Waals surface area (Å²) in [6, 6.07) is 15.1. The van der Waals surface area contributed by atoms with Gasteiger partial charge in [-0.2, -0.15) is 4.72 Å². The molecule has 0 saturated heterocycles. The van der Waals surface area contributed by atoms with Crippen molar-refractivity contribution in [2.45, 2.75) is 43.7 Å². The van der Waals surface area contributed by atoms with E-state index < -0.39 is 16.1 Å². The number of carbonyl (C=O) groups is 1. The first-order chi connectivity index (χ1) is 12.8. The molecule has 146 valence electrons. The van der Waals surface area contributed by atoms with E-state index in [1.165, 1.54) is 31.7 Å². The van der Waals surface area contributed by atoms with Crippen LogP contribution in [0.1, 0.15) is 25.8 Å². The van der Waals surface area contributed by atoms with Crippen LogP contribution in [0.2, 0.25) is 0 Å². The van der Waals surface area contributed by atoms with Gasteiger partial charge in [-0.25, -0.2) is 8.42 Å². The third kappa shape index (κ3) is 6.37. The Morgan fingerprint density at radius 2 is 1.67 bits per heavy atom. The molecule has 0 heterocycles. The zero-order valence-corrected chi connectivity index (χ0v) is 16.6. The summed E-state index contributed by atoms with van der Waals surface area (Å²) in [7, 11) is -2.28. The second kappa shape index (κ2) is 9.53. The van der Waals surface area contributed by atoms with Crippen molar-refractivity contribution in [1.29, 1.82) is 0 Å². The highest BCUT2D eigenvalue weighted by Crippen LogP contribution is 2.15. The molecule has 0 unspecified atom stereocenters. The molecule has 2 rings (SSSR count). The summed E-state index contributed by atoms with van der Waals surface area (Å²) in [6.07, 6.45) is 1.61. The highest BCUT2D eigenvalue weighted by Gasteiger charge is 2.23. The maximum Gasteiger partial charge on any atom is 0.241 e. The minimum absolute atomic E-state index is 0.0642. The van der Waals surface area contributed by atoms with E-state index in [4.69, 9.17) is 4.74 Å². The highest BCUT2D eigenvalue weighted by molar-refractivity contribution is 7.89. The van der Waals surface area contributed by atoms with Crippen LogP contribution in [0, 0.1) is 0 Å². The van der Waals surface area contributed by atoms with Gasteiger partial charge < -0.3 is 10.1 Å². The van der Waals surface area contributed by atoms with Crippen LogP contribution in [-0.4, -0.2) is 33.5 Å². The van der Waals surface area contributed by atoms with Gasteiger partial charge in [-0.3, -0.25) is 4.79 Å². The minimum Gasteiger partial charge on any atom is -0.497 e. The Balaban J connectivity index is 1.87. The van der Waals surface area contributed by atoms with Gasteiger partial charge in [0.1, 0.15) is 5.75 Å². The van der Waals surface area contributed by atoms with E-state index >= 15 is 0 Å². The van der Waals surface area contributed by atoms with Crippen molar-refractivity contribution in [1.82, 2.24) is 10.0 Å². The van der Waals surface area contributed by atoms with Crippen molar-refractivity contribution < 1.29 is 17.9 Å². The second-order valence-corrected chi connectivity index (χ2v) is 8.17. The first-order valence-electron chi connectivity index (χ1n) is 8.82. The number of nitrogens with one attached hydrogen (secondary N) is 2. The molecule has 0 aliphatic heterocycles. The zero-order valence-electron chi connectivity index (χ0n) is 15.8. The van der Waals surface area contributed by atoms with Crippen LogP contribution in [-0.2, 0) is 21.2 Å². The van der Waals surface area contributed by atoms with Gasteiger partial charge in [0.15, 0.2) is 0 Å². The molecule has 0 spiro atoms. The van der Waals surface area contributed by atoms with Crippen LogP contribution in [0.4, 0.5) is 0 Å². The van der Waals surface area contributed by atoms with Gasteiger partial charge >= 0.3 is 0 Å². The van der Waals surface area contributed by atoms with Crippen molar-refractivity contribution in [3.8, 4) is 5.75 Å². The number of carbonyl (C=O) groups excluding carboxylic acids is 1. The number of sulfonamides is 1. The molecular weight excluding hydrogens is 364 g/mol. The molecule has 2 atom stereocenters. The molecule has 0 aliphatic rings. The van der Waals surface area contributed by atoms with Crippen molar-refractivity contribution in [2.24, 2.45) is 0 Å². The van der Waals surface area contributed by atoms with E-state index in [-0.39, 0.29) is 16.8 Å². The van der Waals surface area contributed by atoms with Gasteiger partial charge in [0, 0.05) is 6.04 Å². The van der Waals surface area contributed by atoms with Crippen molar-refractivity contribution in [2.75, 3.05) is 7.11 Å². The van der Waals surface area contributed by atoms with Gasteiger partial charge in [-0.1, -0.05) is 30.3 Å². The summed E-state index contributed by atoms with van der Waals surface area (Å²) in [6.45, 7) is 3.44. The Morgan fingerprint density at radius 1 is 1.04 bits per heavy atom. The third-order valence-corrected chi connectivity index (χ3v) is 5.75. The van der Waals surface area contributed by atoms with Crippen molar-refractivity contribution >= 4 is 15.9 Å². The molecule has 0 saturated carbocycles. The van der Waals surface area contributed by atoms with Gasteiger partial charge in [0.05, 0.1) is 18.0 Å². The number of ether oxygens (including phenoxy) is 1. The van der Waals surface area contributed by atoms with E-state index in [2.05, 4.69) is 10.0 Å². The van der Waals surface area contributed by atoms with Crippen LogP contribution >= 0.6 is 0 Å². The number of aryl methyl sites for hydroxylation is 1. The molecular formula is C20H26N2O4S. The topological polar surface area (TPSA) is 84.5 Å². The molecule has 0 radical (unpaired) electrons. The number of hydrogen-bond acceptors (Lipinski definition) is 4. The standard InChI is InChI=1S/C20H26N2O4S/c1-15(9-10-17-7-5-4-6-8-17)21-20(23)16(2)22-27(24,25)19-13-11-18(26-3)12-14-19/h4-8,11-16,22H,9-10H2,1-3H3,(H,21,23)/t15-,16+/m1/s1. The highest BCUT2D eigenvalue weighted by atomic mass is 32.2. The normalized spacial score (nSPS) is 13.6. The SMILES string of the molecule is COc1ccc(S(=O)(=O)N[C@@H](C)C(=O)N[C@H](C)CCc2ccccc2)cc1. The van der Waals surface area contributed by atoms with Crippen LogP contribution in [0.15, 0.2) is 59.5 Å². The number of rotatable bonds is 9. The summed E-state index contributed by atoms with van der Waals surface area (Å²) >= 11 is 0. The summed E-state index contributed by atoms with van der Waals surface area (Å²) in [4.78, 5) is 12.4. The van der Waals surface area contributed by atoms with E-state index in [0.717, 1.165) is 12.8 Å². The molecule has 2 aromatic rings. The van der Waals surface area contributed by atoms with Crippen LogP contribution in [0.25, 0.3) is 0 Å². The first-order valence-corrected chi connectivity index (χ1v) is 10.3. The molecule has 0 aliphatic carbocycles. The maximum absolute atomic E-state index is 12.4. The Labute approximate surface area is 161 Å². The molecule has 2 N–H and O–H groups in total. The van der Waals surface area contributed by atoms with Crippen LogP contribution in [0.5, 0.6) is 5.75 Å². The number of methoxy groups -OCH3 is 1. The lowest BCUT2D eigenvalue weighted by Crippen LogP contribution is -2.47. The summed E-state index contributed by atoms with van der Waals surface area (Å²) in [5.41, 5.74) is 1.20. The lowest BCUT2D eigenvalue weighted by atomic mass is 10.1. The second-order valence-electron chi connectivity index (χ2n) is 6.45. The molecule has 27 heavy (non-hydrogen) atoms. The molecule has 2 aromatic carbocycles. The average Bonchev–Trinajstić information content (AvgIpc) is 2.67. The van der Waals surface area contributed by atoms with Gasteiger partial charge in [-0.15, -0.1) is 0 Å². The van der Waals surface area contributed by atoms with Crippen LogP contribution < -0.4 is 14.8 Å². The number of benzene rings is 2. The Bertz CT molecular complexity index is 836. The lowest BCUT2D eigenvalue weighted by Gasteiger charge is -2.18. The first kappa shape index (κ1) is 20.9. The monoisotopic (exact) mass is 390 g/mol. The predicted molar refractivity (Wildman–Crippen MR) is 105 cm³/mol. The fourth-order valence-electron chi connectivity index (χ4n) is 2.58. The van der Waals surface area contributed by atoms with E-state index in [9.17, 15) is 13.2 Å². The summed E-state index contributed by atoms with van der Waals surface area (Å²) in [5, 5.41) is 2.86. The predicted octanol–water partition coefficient (Wildman–Crippen LogP) is 2.50. The molecule has 1 amide bonds. The van der Waals surface area contributed by atoms with E-state index in [0.29, 0.717) is 5.75 Å².